The molecule has 1 aromatic carbocycles. The highest BCUT2D eigenvalue weighted by Gasteiger charge is 2.38. The molecule has 30 heavy (non-hydrogen) atoms. The molecule has 0 saturated carbocycles. The van der Waals surface area contributed by atoms with Crippen molar-refractivity contribution in [3.63, 3.8) is 0 Å². The summed E-state index contributed by atoms with van der Waals surface area (Å²) in [6, 6.07) is 8.88. The van der Waals surface area contributed by atoms with E-state index in [4.69, 9.17) is 14.5 Å². The van der Waals surface area contributed by atoms with Crippen LogP contribution < -0.4 is 15.0 Å². The Hall–Kier alpha value is -2.80. The van der Waals surface area contributed by atoms with E-state index >= 15 is 0 Å². The average Bonchev–Trinajstić information content (AvgIpc) is 3.23. The van der Waals surface area contributed by atoms with E-state index in [1.165, 1.54) is 5.56 Å². The number of nitrogens with zero attached hydrogens (tertiary/aromatic N) is 3. The van der Waals surface area contributed by atoms with Crippen LogP contribution in [0.5, 0.6) is 11.5 Å². The molecule has 2 unspecified atom stereocenters. The van der Waals surface area contributed by atoms with Crippen LogP contribution >= 0.6 is 0 Å². The molecule has 7 nitrogen and oxygen atoms in total. The van der Waals surface area contributed by atoms with E-state index in [1.807, 2.05) is 26.0 Å². The van der Waals surface area contributed by atoms with Gasteiger partial charge in [-0.2, -0.15) is 0 Å². The standard InChI is InChI=1S/C23H28N4O3/c1-4-30-20-8-5-15(10-21(20)29-3)13-26-16-6-7-17(26)12-19-18(11-16)23(28)27-22(24-19)9-14(2)25-27/h5,8-10,16-17,25H,4,6-7,11-13H2,1-3H3. The number of ether oxygens (including phenoxy) is 2. The zero-order valence-electron chi connectivity index (χ0n) is 17.8. The van der Waals surface area contributed by atoms with Gasteiger partial charge in [-0.15, -0.1) is 0 Å². The van der Waals surface area contributed by atoms with E-state index < -0.39 is 0 Å². The van der Waals surface area contributed by atoms with Crippen molar-refractivity contribution in [2.75, 3.05) is 13.7 Å². The third-order valence-corrected chi connectivity index (χ3v) is 6.45. The van der Waals surface area contributed by atoms with Gasteiger partial charge in [0.05, 0.1) is 19.4 Å². The van der Waals surface area contributed by atoms with Gasteiger partial charge in [0.25, 0.3) is 5.56 Å². The summed E-state index contributed by atoms with van der Waals surface area (Å²) in [5.74, 6) is 1.54. The molecule has 1 saturated heterocycles. The van der Waals surface area contributed by atoms with Gasteiger partial charge in [0.15, 0.2) is 17.1 Å². The van der Waals surface area contributed by atoms with Gasteiger partial charge >= 0.3 is 0 Å². The van der Waals surface area contributed by atoms with Gasteiger partial charge in [-0.25, -0.2) is 9.50 Å². The molecule has 0 amide bonds. The number of hydrogen-bond acceptors (Lipinski definition) is 5. The van der Waals surface area contributed by atoms with Crippen LogP contribution in [-0.2, 0) is 19.4 Å². The van der Waals surface area contributed by atoms with Crippen LogP contribution in [0.25, 0.3) is 5.65 Å². The molecule has 158 valence electrons. The maximum atomic E-state index is 13.1. The number of nitrogens with one attached hydrogen (secondary N) is 1. The molecule has 1 fully saturated rings. The molecule has 2 bridgehead atoms. The van der Waals surface area contributed by atoms with E-state index in [9.17, 15) is 4.79 Å². The van der Waals surface area contributed by atoms with Crippen LogP contribution in [0.15, 0.2) is 29.1 Å². The van der Waals surface area contributed by atoms with E-state index in [1.54, 1.807) is 11.6 Å². The molecular weight excluding hydrogens is 380 g/mol. The smallest absolute Gasteiger partial charge is 0.276 e. The van der Waals surface area contributed by atoms with Crippen molar-refractivity contribution in [3.8, 4) is 11.5 Å². The van der Waals surface area contributed by atoms with E-state index in [0.717, 1.165) is 66.3 Å². The van der Waals surface area contributed by atoms with Crippen molar-refractivity contribution >= 4 is 5.65 Å². The average molecular weight is 409 g/mol. The predicted octanol–water partition coefficient (Wildman–Crippen LogP) is 2.87. The van der Waals surface area contributed by atoms with Crippen LogP contribution in [0.3, 0.4) is 0 Å². The molecule has 0 aliphatic carbocycles. The van der Waals surface area contributed by atoms with Crippen LogP contribution in [0.2, 0.25) is 0 Å². The monoisotopic (exact) mass is 408 g/mol. The summed E-state index contributed by atoms with van der Waals surface area (Å²) in [5, 5.41) is 3.12. The molecule has 2 aromatic heterocycles. The molecular formula is C23H28N4O3. The fourth-order valence-corrected chi connectivity index (χ4v) is 5.07. The first-order chi connectivity index (χ1) is 14.6. The van der Waals surface area contributed by atoms with Crippen molar-refractivity contribution < 1.29 is 9.47 Å². The lowest BCUT2D eigenvalue weighted by molar-refractivity contribution is 0.187. The molecule has 2 aliphatic heterocycles. The Morgan fingerprint density at radius 1 is 1.17 bits per heavy atom. The first kappa shape index (κ1) is 19.2. The van der Waals surface area contributed by atoms with Gasteiger partial charge in [0.1, 0.15) is 0 Å². The van der Waals surface area contributed by atoms with Gasteiger partial charge in [-0.3, -0.25) is 14.8 Å². The Morgan fingerprint density at radius 2 is 1.97 bits per heavy atom. The number of benzene rings is 1. The highest BCUT2D eigenvalue weighted by molar-refractivity contribution is 5.44. The second-order valence-corrected chi connectivity index (χ2v) is 8.36. The normalized spacial score (nSPS) is 20.9. The van der Waals surface area contributed by atoms with Gasteiger partial charge in [-0.1, -0.05) is 6.07 Å². The van der Waals surface area contributed by atoms with Crippen molar-refractivity contribution in [3.05, 3.63) is 57.1 Å². The minimum absolute atomic E-state index is 0.0540. The molecule has 4 heterocycles. The number of hydrogen-bond donors (Lipinski definition) is 1. The summed E-state index contributed by atoms with van der Waals surface area (Å²) in [6.45, 7) is 5.37. The first-order valence-electron chi connectivity index (χ1n) is 10.7. The summed E-state index contributed by atoms with van der Waals surface area (Å²) in [6.07, 6.45) is 3.85. The highest BCUT2D eigenvalue weighted by atomic mass is 16.5. The van der Waals surface area contributed by atoms with Gasteiger partial charge in [0.2, 0.25) is 0 Å². The SMILES string of the molecule is CCOc1ccc(CN2C3CCC2Cc2c(nc4cc(C)[nH]n4c2=O)C3)cc1OC. The third-order valence-electron chi connectivity index (χ3n) is 6.45. The Kier molecular flexibility index (Phi) is 4.77. The number of aryl methyl sites for hydroxylation is 1. The fraction of sp³-hybridized carbons (Fsp3) is 0.478. The third kappa shape index (κ3) is 3.17. The molecule has 0 spiro atoms. The molecule has 2 aliphatic rings. The molecule has 3 aromatic rings. The summed E-state index contributed by atoms with van der Waals surface area (Å²) in [4.78, 5) is 20.5. The quantitative estimate of drug-likeness (QED) is 0.703. The van der Waals surface area contributed by atoms with Gasteiger partial charge in [-0.05, 0) is 50.8 Å². The van der Waals surface area contributed by atoms with Crippen LogP contribution in [-0.4, -0.2) is 45.3 Å². The maximum absolute atomic E-state index is 13.1. The lowest BCUT2D eigenvalue weighted by atomic mass is 9.98. The summed E-state index contributed by atoms with van der Waals surface area (Å²) in [5.41, 5.74) is 4.77. The minimum Gasteiger partial charge on any atom is -0.493 e. The summed E-state index contributed by atoms with van der Waals surface area (Å²) < 4.78 is 12.8. The number of fused-ring (bicyclic) bond motifs is 4. The zero-order chi connectivity index (χ0) is 20.8. The molecule has 2 atom stereocenters. The van der Waals surface area contributed by atoms with E-state index in [0.29, 0.717) is 18.7 Å². The fourth-order valence-electron chi connectivity index (χ4n) is 5.07. The van der Waals surface area contributed by atoms with Crippen molar-refractivity contribution in [2.24, 2.45) is 0 Å². The van der Waals surface area contributed by atoms with Crippen LogP contribution in [0, 0.1) is 6.92 Å². The Labute approximate surface area is 175 Å². The maximum Gasteiger partial charge on any atom is 0.276 e. The van der Waals surface area contributed by atoms with Crippen LogP contribution in [0.1, 0.15) is 42.3 Å². The lowest BCUT2D eigenvalue weighted by Crippen LogP contribution is -2.36. The Bertz CT molecular complexity index is 1150. The number of aromatic amines is 1. The zero-order valence-corrected chi connectivity index (χ0v) is 17.8. The number of H-pyrrole nitrogens is 1. The van der Waals surface area contributed by atoms with Crippen molar-refractivity contribution in [1.29, 1.82) is 0 Å². The second-order valence-electron chi connectivity index (χ2n) is 8.36. The highest BCUT2D eigenvalue weighted by Crippen LogP contribution is 2.35. The molecule has 5 rings (SSSR count). The summed E-state index contributed by atoms with van der Waals surface area (Å²) >= 11 is 0. The van der Waals surface area contributed by atoms with Gasteiger partial charge in [0, 0.05) is 42.4 Å². The van der Waals surface area contributed by atoms with Crippen molar-refractivity contribution in [1.82, 2.24) is 19.5 Å². The lowest BCUT2D eigenvalue weighted by Gasteiger charge is -2.28. The van der Waals surface area contributed by atoms with E-state index in [-0.39, 0.29) is 5.56 Å². The molecule has 1 N–H and O–H groups in total. The largest absolute Gasteiger partial charge is 0.493 e. The van der Waals surface area contributed by atoms with Gasteiger partial charge < -0.3 is 9.47 Å². The predicted molar refractivity (Wildman–Crippen MR) is 114 cm³/mol. The number of aromatic nitrogens is 3. The Balaban J connectivity index is 1.45. The molecule has 7 heteroatoms. The topological polar surface area (TPSA) is 71.9 Å². The summed E-state index contributed by atoms with van der Waals surface area (Å²) in [7, 11) is 1.68. The number of methoxy groups -OCH3 is 1. The van der Waals surface area contributed by atoms with E-state index in [2.05, 4.69) is 22.1 Å². The van der Waals surface area contributed by atoms with Crippen molar-refractivity contribution in [2.45, 2.75) is 58.2 Å². The first-order valence-corrected chi connectivity index (χ1v) is 10.7. The Morgan fingerprint density at radius 3 is 2.73 bits per heavy atom. The molecule has 0 radical (unpaired) electrons. The minimum atomic E-state index is 0.0540. The van der Waals surface area contributed by atoms with Crippen LogP contribution in [0.4, 0.5) is 0 Å². The number of rotatable bonds is 5. The second kappa shape index (κ2) is 7.47.